The summed E-state index contributed by atoms with van der Waals surface area (Å²) >= 11 is 5.23. The van der Waals surface area contributed by atoms with Crippen LogP contribution in [0.15, 0.2) is 34.8 Å². The Labute approximate surface area is 154 Å². The molecule has 0 atom stereocenters. The quantitative estimate of drug-likeness (QED) is 0.502. The maximum atomic E-state index is 5.46. The zero-order chi connectivity index (χ0) is 17.1. The van der Waals surface area contributed by atoms with Crippen LogP contribution < -0.4 is 4.74 Å². The molecule has 0 spiro atoms. The summed E-state index contributed by atoms with van der Waals surface area (Å²) < 4.78 is 12.5. The number of hydrogen-bond acceptors (Lipinski definition) is 4. The molecule has 5 heteroatoms. The molecule has 2 aromatic carbocycles. The van der Waals surface area contributed by atoms with Gasteiger partial charge in [-0.2, -0.15) is 0 Å². The van der Waals surface area contributed by atoms with E-state index in [4.69, 9.17) is 9.47 Å². The first-order valence-corrected chi connectivity index (χ1v) is 9.15. The van der Waals surface area contributed by atoms with E-state index in [1.54, 1.807) is 18.4 Å². The van der Waals surface area contributed by atoms with Crippen molar-refractivity contribution in [3.63, 3.8) is 0 Å². The zero-order valence-electron chi connectivity index (χ0n) is 13.8. The van der Waals surface area contributed by atoms with Crippen molar-refractivity contribution in [3.05, 3.63) is 56.5 Å². The van der Waals surface area contributed by atoms with Crippen molar-refractivity contribution in [1.82, 2.24) is 4.98 Å². The summed E-state index contributed by atoms with van der Waals surface area (Å²) in [6, 6.07) is 10.3. The highest BCUT2D eigenvalue weighted by Gasteiger charge is 2.05. The fraction of sp³-hybridized carbons (Fsp3) is 0.211. The van der Waals surface area contributed by atoms with Gasteiger partial charge in [0.15, 0.2) is 6.79 Å². The number of nitrogens with zero attached hydrogens (tertiary/aromatic N) is 1. The van der Waals surface area contributed by atoms with Gasteiger partial charge in [0.25, 0.3) is 0 Å². The Hall–Kier alpha value is -1.69. The van der Waals surface area contributed by atoms with Crippen molar-refractivity contribution in [2.45, 2.75) is 13.8 Å². The van der Waals surface area contributed by atoms with Crippen molar-refractivity contribution in [3.8, 4) is 5.75 Å². The van der Waals surface area contributed by atoms with Gasteiger partial charge in [0.2, 0.25) is 0 Å². The van der Waals surface area contributed by atoms with Crippen molar-refractivity contribution in [2.75, 3.05) is 13.9 Å². The Kier molecular flexibility index (Phi) is 5.33. The summed E-state index contributed by atoms with van der Waals surface area (Å²) in [7, 11) is 1.60. The molecule has 0 aliphatic heterocycles. The van der Waals surface area contributed by atoms with E-state index in [0.717, 1.165) is 26.3 Å². The van der Waals surface area contributed by atoms with Crippen LogP contribution in [0.3, 0.4) is 0 Å². The molecule has 0 radical (unpaired) electrons. The van der Waals surface area contributed by atoms with Crippen LogP contribution in [0.2, 0.25) is 0 Å². The summed E-state index contributed by atoms with van der Waals surface area (Å²) in [4.78, 5) is 4.69. The minimum Gasteiger partial charge on any atom is -0.466 e. The number of halogens is 1. The van der Waals surface area contributed by atoms with Crippen LogP contribution in [-0.4, -0.2) is 18.9 Å². The molecule has 0 bridgehead atoms. The van der Waals surface area contributed by atoms with Gasteiger partial charge >= 0.3 is 0 Å². The van der Waals surface area contributed by atoms with Gasteiger partial charge in [-0.1, -0.05) is 12.1 Å². The average Bonchev–Trinajstić information content (AvgIpc) is 2.94. The van der Waals surface area contributed by atoms with Gasteiger partial charge in [-0.25, -0.2) is 4.98 Å². The van der Waals surface area contributed by atoms with E-state index in [1.807, 2.05) is 24.3 Å². The molecule has 0 N–H and O–H groups in total. The van der Waals surface area contributed by atoms with E-state index in [9.17, 15) is 0 Å². The number of fused-ring (bicyclic) bond motifs is 1. The molecule has 124 valence electrons. The largest absolute Gasteiger partial charge is 0.466 e. The molecule has 0 aliphatic carbocycles. The Morgan fingerprint density at radius 1 is 1.12 bits per heavy atom. The highest BCUT2D eigenvalue weighted by Crippen LogP contribution is 2.28. The molecule has 1 aromatic heterocycles. The molecule has 1 heterocycles. The lowest BCUT2D eigenvalue weighted by atomic mass is 10.1. The summed E-state index contributed by atoms with van der Waals surface area (Å²) in [5.74, 6) is 0.764. The fourth-order valence-electron chi connectivity index (χ4n) is 2.30. The molecule has 0 saturated heterocycles. The number of rotatable bonds is 5. The van der Waals surface area contributed by atoms with Gasteiger partial charge in [-0.3, -0.25) is 0 Å². The van der Waals surface area contributed by atoms with Crippen molar-refractivity contribution < 1.29 is 9.47 Å². The lowest BCUT2D eigenvalue weighted by Gasteiger charge is -2.07. The molecular weight excluding hydrogens is 386 g/mol. The third kappa shape index (κ3) is 3.86. The van der Waals surface area contributed by atoms with Crippen molar-refractivity contribution in [1.29, 1.82) is 0 Å². The average molecular weight is 404 g/mol. The van der Waals surface area contributed by atoms with E-state index in [1.165, 1.54) is 15.8 Å². The predicted octanol–water partition coefficient (Wildman–Crippen LogP) is 5.83. The molecule has 0 unspecified atom stereocenters. The molecule has 24 heavy (non-hydrogen) atoms. The normalized spacial score (nSPS) is 11.5. The topological polar surface area (TPSA) is 31.4 Å². The lowest BCUT2D eigenvalue weighted by molar-refractivity contribution is 0.0506. The van der Waals surface area contributed by atoms with E-state index in [0.29, 0.717) is 0 Å². The summed E-state index contributed by atoms with van der Waals surface area (Å²) in [5.41, 5.74) is 4.72. The van der Waals surface area contributed by atoms with Crippen LogP contribution in [-0.2, 0) is 4.74 Å². The van der Waals surface area contributed by atoms with Crippen LogP contribution in [0.25, 0.3) is 22.4 Å². The van der Waals surface area contributed by atoms with Gasteiger partial charge < -0.3 is 9.47 Å². The third-order valence-corrected chi connectivity index (χ3v) is 5.33. The maximum Gasteiger partial charge on any atom is 0.188 e. The predicted molar refractivity (Wildman–Crippen MR) is 105 cm³/mol. The number of ether oxygens (including phenoxy) is 2. The van der Waals surface area contributed by atoms with Crippen LogP contribution in [0.1, 0.15) is 21.7 Å². The molecular formula is C19H18BrNO2S. The van der Waals surface area contributed by atoms with Gasteiger partial charge in [-0.05, 0) is 76.8 Å². The Morgan fingerprint density at radius 2 is 1.92 bits per heavy atom. The van der Waals surface area contributed by atoms with E-state index < -0.39 is 0 Å². The number of aryl methyl sites for hydroxylation is 2. The molecule has 0 saturated carbocycles. The lowest BCUT2D eigenvalue weighted by Crippen LogP contribution is -1.99. The van der Waals surface area contributed by atoms with Crippen LogP contribution >= 0.6 is 27.3 Å². The highest BCUT2D eigenvalue weighted by molar-refractivity contribution is 9.10. The van der Waals surface area contributed by atoms with Crippen LogP contribution in [0, 0.1) is 13.8 Å². The van der Waals surface area contributed by atoms with Crippen LogP contribution in [0.4, 0.5) is 0 Å². The second kappa shape index (κ2) is 7.47. The Balaban J connectivity index is 1.81. The Bertz CT molecular complexity index is 863. The minimum absolute atomic E-state index is 0.234. The summed E-state index contributed by atoms with van der Waals surface area (Å²) in [5, 5.41) is 1.01. The number of aromatic nitrogens is 1. The van der Waals surface area contributed by atoms with Gasteiger partial charge in [-0.15, -0.1) is 11.3 Å². The number of methoxy groups -OCH3 is 1. The van der Waals surface area contributed by atoms with Gasteiger partial charge in [0.05, 0.1) is 14.7 Å². The monoisotopic (exact) mass is 403 g/mol. The first-order valence-electron chi connectivity index (χ1n) is 7.54. The number of benzene rings is 2. The smallest absolute Gasteiger partial charge is 0.188 e. The molecule has 0 fully saturated rings. The number of thiazole rings is 1. The summed E-state index contributed by atoms with van der Waals surface area (Å²) in [6.07, 6.45) is 4.11. The van der Waals surface area contributed by atoms with Gasteiger partial charge in [0.1, 0.15) is 10.8 Å². The van der Waals surface area contributed by atoms with E-state index in [-0.39, 0.29) is 6.79 Å². The first kappa shape index (κ1) is 17.1. The molecule has 3 nitrogen and oxygen atoms in total. The zero-order valence-corrected chi connectivity index (χ0v) is 16.2. The maximum absolute atomic E-state index is 5.46. The minimum atomic E-state index is 0.234. The second-order valence-electron chi connectivity index (χ2n) is 5.53. The van der Waals surface area contributed by atoms with E-state index >= 15 is 0 Å². The molecule has 0 amide bonds. The highest BCUT2D eigenvalue weighted by atomic mass is 79.9. The van der Waals surface area contributed by atoms with Crippen molar-refractivity contribution in [2.24, 2.45) is 0 Å². The third-order valence-electron chi connectivity index (χ3n) is 3.73. The van der Waals surface area contributed by atoms with Gasteiger partial charge in [0, 0.05) is 7.11 Å². The molecule has 3 aromatic rings. The van der Waals surface area contributed by atoms with Crippen molar-refractivity contribution >= 4 is 49.6 Å². The molecule has 3 rings (SSSR count). The van der Waals surface area contributed by atoms with Crippen LogP contribution in [0.5, 0.6) is 5.75 Å². The van der Waals surface area contributed by atoms with E-state index in [2.05, 4.69) is 53.0 Å². The SMILES string of the molecule is COCOc1ccc(/C=C/c2nc3cc(C)c(C)cc3s2)cc1Br. The summed E-state index contributed by atoms with van der Waals surface area (Å²) in [6.45, 7) is 4.49. The fourth-order valence-corrected chi connectivity index (χ4v) is 3.76. The first-order chi connectivity index (χ1) is 11.6. The Morgan fingerprint density at radius 3 is 2.67 bits per heavy atom. The standard InChI is InChI=1S/C19H18BrNO2S/c1-12-8-16-18(9-13(12)2)24-19(21-16)7-5-14-4-6-17(15(20)10-14)23-11-22-3/h4-10H,11H2,1-3H3/b7-5+. The second-order valence-corrected chi connectivity index (χ2v) is 7.45. The molecule has 0 aliphatic rings. The number of hydrogen-bond donors (Lipinski definition) is 0.